The van der Waals surface area contributed by atoms with Gasteiger partial charge < -0.3 is 25.2 Å². The number of carboxylic acids is 1. The highest BCUT2D eigenvalue weighted by molar-refractivity contribution is 7.89. The van der Waals surface area contributed by atoms with Crippen molar-refractivity contribution in [1.29, 1.82) is 0 Å². The summed E-state index contributed by atoms with van der Waals surface area (Å²) in [6, 6.07) is 9.95. The molecule has 0 saturated carbocycles. The Kier molecular flexibility index (Phi) is 9.94. The number of nitrogens with one attached hydrogen (secondary N) is 1. The number of hydrogen-bond acceptors (Lipinski definition) is 9. The fourth-order valence-corrected chi connectivity index (χ4v) is 7.07. The van der Waals surface area contributed by atoms with Crippen LogP contribution >= 0.6 is 11.3 Å². The minimum absolute atomic E-state index is 0.0224. The van der Waals surface area contributed by atoms with Gasteiger partial charge in [-0.15, -0.1) is 13.2 Å². The molecule has 1 fully saturated rings. The third-order valence-corrected chi connectivity index (χ3v) is 9.65. The molecule has 0 radical (unpaired) electrons. The van der Waals surface area contributed by atoms with Gasteiger partial charge in [-0.1, -0.05) is 48.9 Å². The van der Waals surface area contributed by atoms with E-state index in [0.717, 1.165) is 63.9 Å². The van der Waals surface area contributed by atoms with Gasteiger partial charge in [0, 0.05) is 26.2 Å². The molecule has 0 aliphatic carbocycles. The molecule has 4 rings (SSSR count). The Morgan fingerprint density at radius 3 is 2.30 bits per heavy atom. The zero-order valence-electron chi connectivity index (χ0n) is 22.9. The number of piperazine rings is 1. The highest BCUT2D eigenvalue weighted by Gasteiger charge is 2.41. The standard InChI is InChI=1S/C27H29F3N4O7S2/c1-2-3-17-4-6-18(7-5-17)14-31-24(36)21-15-33(26-32-23(25(37)38)22(16-35)42-26)12-13-34(21)43(39,40)20-10-8-19(9-11-20)41-27(28,29)30/h4-11,21,35H,2-3,12-16H2,1H3,(H,31,36)(H,37,38). The van der Waals surface area contributed by atoms with Crippen LogP contribution in [-0.4, -0.2) is 71.8 Å². The number of ether oxygens (including phenoxy) is 1. The van der Waals surface area contributed by atoms with E-state index in [1.165, 1.54) is 0 Å². The molecule has 2 aromatic carbocycles. The van der Waals surface area contributed by atoms with E-state index in [2.05, 4.69) is 22.0 Å². The van der Waals surface area contributed by atoms with E-state index in [4.69, 9.17) is 0 Å². The molecule has 1 amide bonds. The van der Waals surface area contributed by atoms with Gasteiger partial charge in [0.15, 0.2) is 10.8 Å². The van der Waals surface area contributed by atoms with Gasteiger partial charge in [0.1, 0.15) is 11.8 Å². The third kappa shape index (κ3) is 7.81. The van der Waals surface area contributed by atoms with Crippen LogP contribution in [0.4, 0.5) is 18.3 Å². The van der Waals surface area contributed by atoms with Crippen LogP contribution in [0.5, 0.6) is 5.75 Å². The molecular weight excluding hydrogens is 613 g/mol. The summed E-state index contributed by atoms with van der Waals surface area (Å²) in [5.74, 6) is -2.58. The lowest BCUT2D eigenvalue weighted by atomic mass is 10.1. The molecule has 232 valence electrons. The molecule has 1 saturated heterocycles. The number of anilines is 1. The molecule has 3 aromatic rings. The minimum Gasteiger partial charge on any atom is -0.476 e. The van der Waals surface area contributed by atoms with Crippen LogP contribution < -0.4 is 15.0 Å². The second kappa shape index (κ2) is 13.3. The maximum Gasteiger partial charge on any atom is 0.573 e. The number of carboxylic acid groups (broad SMARTS) is 1. The van der Waals surface area contributed by atoms with Gasteiger partial charge in [-0.25, -0.2) is 18.2 Å². The van der Waals surface area contributed by atoms with Gasteiger partial charge in [0.25, 0.3) is 0 Å². The summed E-state index contributed by atoms with van der Waals surface area (Å²) in [6.45, 7) is 1.20. The van der Waals surface area contributed by atoms with Crippen molar-refractivity contribution in [3.8, 4) is 5.75 Å². The number of aromatic nitrogens is 1. The number of sulfonamides is 1. The van der Waals surface area contributed by atoms with Crippen LogP contribution in [0.3, 0.4) is 0 Å². The van der Waals surface area contributed by atoms with Crippen LogP contribution in [0.15, 0.2) is 53.4 Å². The zero-order chi connectivity index (χ0) is 31.4. The molecule has 1 aliphatic rings. The first-order chi connectivity index (χ1) is 20.3. The fourth-order valence-electron chi connectivity index (χ4n) is 4.56. The first kappa shape index (κ1) is 32.2. The van der Waals surface area contributed by atoms with Crippen LogP contribution in [0.2, 0.25) is 0 Å². The number of alkyl halides is 3. The largest absolute Gasteiger partial charge is 0.573 e. The Balaban J connectivity index is 1.60. The van der Waals surface area contributed by atoms with E-state index in [1.807, 2.05) is 24.3 Å². The highest BCUT2D eigenvalue weighted by Crippen LogP contribution is 2.31. The summed E-state index contributed by atoms with van der Waals surface area (Å²) in [5.41, 5.74) is 1.58. The monoisotopic (exact) mass is 642 g/mol. The number of amides is 1. The molecule has 0 bridgehead atoms. The molecule has 3 N–H and O–H groups in total. The Hall–Kier alpha value is -3.73. The van der Waals surface area contributed by atoms with E-state index in [1.54, 1.807) is 4.90 Å². The summed E-state index contributed by atoms with van der Waals surface area (Å²) in [6.07, 6.45) is -3.08. The third-order valence-electron chi connectivity index (χ3n) is 6.63. The number of benzene rings is 2. The van der Waals surface area contributed by atoms with Crippen molar-refractivity contribution < 1.29 is 46.1 Å². The van der Waals surface area contributed by atoms with Crippen LogP contribution in [0, 0.1) is 0 Å². The summed E-state index contributed by atoms with van der Waals surface area (Å²) in [7, 11) is -4.38. The van der Waals surface area contributed by atoms with E-state index < -0.39 is 46.7 Å². The predicted octanol–water partition coefficient (Wildman–Crippen LogP) is 3.38. The zero-order valence-corrected chi connectivity index (χ0v) is 24.5. The predicted molar refractivity (Wildman–Crippen MR) is 150 cm³/mol. The van der Waals surface area contributed by atoms with Crippen LogP contribution in [0.1, 0.15) is 39.8 Å². The SMILES string of the molecule is CCCc1ccc(CNC(=O)C2CN(c3nc(C(=O)O)c(CO)s3)CCN2S(=O)(=O)c2ccc(OC(F)(F)F)cc2)cc1. The van der Waals surface area contributed by atoms with Crippen LogP contribution in [-0.2, 0) is 34.4 Å². The van der Waals surface area contributed by atoms with Gasteiger partial charge in [-0.2, -0.15) is 4.31 Å². The van der Waals surface area contributed by atoms with Crippen molar-refractivity contribution in [2.45, 2.75) is 50.2 Å². The Morgan fingerprint density at radius 2 is 1.74 bits per heavy atom. The van der Waals surface area contributed by atoms with Gasteiger partial charge in [0.05, 0.1) is 16.4 Å². The van der Waals surface area contributed by atoms with E-state index in [-0.39, 0.29) is 46.8 Å². The first-order valence-electron chi connectivity index (χ1n) is 13.1. The smallest absolute Gasteiger partial charge is 0.476 e. The van der Waals surface area contributed by atoms with Crippen LogP contribution in [0.25, 0.3) is 0 Å². The number of thiazole rings is 1. The van der Waals surface area contributed by atoms with Crippen molar-refractivity contribution in [2.75, 3.05) is 24.5 Å². The highest BCUT2D eigenvalue weighted by atomic mass is 32.2. The molecule has 1 unspecified atom stereocenters. The van der Waals surface area contributed by atoms with Gasteiger partial charge in [-0.05, 0) is 41.8 Å². The Morgan fingerprint density at radius 1 is 1.09 bits per heavy atom. The number of hydrogen-bond donors (Lipinski definition) is 3. The maximum atomic E-state index is 13.6. The average molecular weight is 643 g/mol. The lowest BCUT2D eigenvalue weighted by molar-refractivity contribution is -0.274. The maximum absolute atomic E-state index is 13.6. The lowest BCUT2D eigenvalue weighted by Crippen LogP contribution is -2.60. The van der Waals surface area contributed by atoms with E-state index in [0.29, 0.717) is 0 Å². The Labute approximate surface area is 249 Å². The van der Waals surface area contributed by atoms with Crippen molar-refractivity contribution in [2.24, 2.45) is 0 Å². The molecule has 43 heavy (non-hydrogen) atoms. The number of halogens is 3. The van der Waals surface area contributed by atoms with Crippen molar-refractivity contribution >= 4 is 38.4 Å². The number of aromatic carboxylic acids is 1. The van der Waals surface area contributed by atoms with Gasteiger partial charge >= 0.3 is 12.3 Å². The number of nitrogens with zero attached hydrogens (tertiary/aromatic N) is 3. The summed E-state index contributed by atoms with van der Waals surface area (Å²) < 4.78 is 69.8. The summed E-state index contributed by atoms with van der Waals surface area (Å²) >= 11 is 0.913. The minimum atomic E-state index is -4.96. The van der Waals surface area contributed by atoms with Gasteiger partial charge in [-0.3, -0.25) is 4.79 Å². The number of aliphatic hydroxyl groups excluding tert-OH is 1. The second-order valence-corrected chi connectivity index (χ2v) is 12.6. The molecular formula is C27H29F3N4O7S2. The molecule has 11 nitrogen and oxygen atoms in total. The normalized spacial score (nSPS) is 16.2. The van der Waals surface area contributed by atoms with Crippen molar-refractivity contribution in [3.05, 3.63) is 70.2 Å². The molecule has 1 aromatic heterocycles. The number of aryl methyl sites for hydroxylation is 1. The first-order valence-corrected chi connectivity index (χ1v) is 15.4. The number of aliphatic hydroxyl groups is 1. The number of carbonyl (C=O) groups excluding carboxylic acids is 1. The quantitative estimate of drug-likeness (QED) is 0.286. The molecule has 1 atom stereocenters. The number of rotatable bonds is 11. The fraction of sp³-hybridized carbons (Fsp3) is 0.370. The van der Waals surface area contributed by atoms with Crippen molar-refractivity contribution in [3.63, 3.8) is 0 Å². The topological polar surface area (TPSA) is 149 Å². The molecule has 2 heterocycles. The Bertz CT molecular complexity index is 1550. The summed E-state index contributed by atoms with van der Waals surface area (Å²) in [4.78, 5) is 30.5. The van der Waals surface area contributed by atoms with E-state index >= 15 is 0 Å². The average Bonchev–Trinajstić information content (AvgIpc) is 3.41. The van der Waals surface area contributed by atoms with E-state index in [9.17, 15) is 41.4 Å². The second-order valence-electron chi connectivity index (χ2n) is 9.61. The molecule has 0 spiro atoms. The number of carbonyl (C=O) groups is 2. The van der Waals surface area contributed by atoms with Crippen molar-refractivity contribution in [1.82, 2.24) is 14.6 Å². The summed E-state index contributed by atoms with van der Waals surface area (Å²) in [5, 5.41) is 21.9. The van der Waals surface area contributed by atoms with Gasteiger partial charge in [0.2, 0.25) is 15.9 Å². The molecule has 16 heteroatoms. The lowest BCUT2D eigenvalue weighted by Gasteiger charge is -2.39. The molecule has 1 aliphatic heterocycles.